The third kappa shape index (κ3) is 5.11. The Morgan fingerprint density at radius 1 is 1.14 bits per heavy atom. The van der Waals surface area contributed by atoms with Crippen molar-refractivity contribution in [1.29, 1.82) is 0 Å². The van der Waals surface area contributed by atoms with Crippen LogP contribution in [0.25, 0.3) is 0 Å². The lowest BCUT2D eigenvalue weighted by molar-refractivity contribution is -0.384. The van der Waals surface area contributed by atoms with Crippen molar-refractivity contribution in [2.24, 2.45) is 0 Å². The van der Waals surface area contributed by atoms with E-state index in [0.29, 0.717) is 10.6 Å². The average molecular weight is 418 g/mol. The molecule has 0 bridgehead atoms. The molecule has 1 heterocycles. The number of ether oxygens (including phenoxy) is 2. The molecular weight excluding hydrogens is 396 g/mol. The number of rotatable bonds is 4. The smallest absolute Gasteiger partial charge is 0.417 e. The highest BCUT2D eigenvalue weighted by molar-refractivity contribution is 7.17. The van der Waals surface area contributed by atoms with E-state index in [0.717, 1.165) is 36.1 Å². The zero-order valence-corrected chi connectivity index (χ0v) is 17.3. The maximum atomic E-state index is 12.8. The van der Waals surface area contributed by atoms with Crippen LogP contribution in [-0.4, -0.2) is 22.6 Å². The van der Waals surface area contributed by atoms with Gasteiger partial charge in [-0.3, -0.25) is 15.4 Å². The second-order valence-electron chi connectivity index (χ2n) is 7.68. The van der Waals surface area contributed by atoms with Crippen LogP contribution in [0.15, 0.2) is 24.3 Å². The van der Waals surface area contributed by atoms with Gasteiger partial charge in [0.1, 0.15) is 16.4 Å². The van der Waals surface area contributed by atoms with Crippen molar-refractivity contribution in [2.75, 3.05) is 5.32 Å². The van der Waals surface area contributed by atoms with Gasteiger partial charge in [0.15, 0.2) is 0 Å². The van der Waals surface area contributed by atoms with Gasteiger partial charge in [-0.15, -0.1) is 11.3 Å². The zero-order valence-electron chi connectivity index (χ0n) is 16.4. The number of nitrogens with zero attached hydrogens (tertiary/aromatic N) is 1. The van der Waals surface area contributed by atoms with Crippen LogP contribution >= 0.6 is 11.3 Å². The number of esters is 1. The van der Waals surface area contributed by atoms with Gasteiger partial charge in [-0.1, -0.05) is 0 Å². The van der Waals surface area contributed by atoms with Gasteiger partial charge < -0.3 is 9.47 Å². The minimum absolute atomic E-state index is 0.101. The van der Waals surface area contributed by atoms with E-state index < -0.39 is 22.6 Å². The number of benzene rings is 1. The molecule has 1 aromatic heterocycles. The van der Waals surface area contributed by atoms with Gasteiger partial charge >= 0.3 is 12.1 Å². The standard InChI is InChI=1S/C20H22N2O6S/c1-20(2,3)28-18(23)16-14-6-4-5-7-15(14)29-17(16)21-19(24)27-13-10-8-12(9-11-13)22(25)26/h8-11H,4-7H2,1-3H3,(H,21,24). The molecule has 1 aliphatic carbocycles. The average Bonchev–Trinajstić information content (AvgIpc) is 2.98. The second kappa shape index (κ2) is 8.20. The van der Waals surface area contributed by atoms with Crippen molar-refractivity contribution < 1.29 is 24.0 Å². The summed E-state index contributed by atoms with van der Waals surface area (Å²) >= 11 is 1.36. The largest absolute Gasteiger partial charge is 0.456 e. The van der Waals surface area contributed by atoms with Crippen molar-refractivity contribution in [1.82, 2.24) is 0 Å². The Morgan fingerprint density at radius 3 is 2.41 bits per heavy atom. The Balaban J connectivity index is 1.80. The van der Waals surface area contributed by atoms with Crippen LogP contribution in [0.2, 0.25) is 0 Å². The molecule has 1 amide bonds. The van der Waals surface area contributed by atoms with E-state index in [1.807, 2.05) is 0 Å². The Kier molecular flexibility index (Phi) is 5.88. The molecule has 1 aromatic carbocycles. The van der Waals surface area contributed by atoms with Gasteiger partial charge in [0.05, 0.1) is 10.5 Å². The summed E-state index contributed by atoms with van der Waals surface area (Å²) in [5.41, 5.74) is 0.564. The quantitative estimate of drug-likeness (QED) is 0.420. The summed E-state index contributed by atoms with van der Waals surface area (Å²) in [4.78, 5) is 36.4. The number of hydrogen-bond acceptors (Lipinski definition) is 7. The third-order valence-corrected chi connectivity index (χ3v) is 5.46. The van der Waals surface area contributed by atoms with E-state index in [2.05, 4.69) is 5.32 Å². The number of aryl methyl sites for hydroxylation is 1. The molecule has 8 nitrogen and oxygen atoms in total. The van der Waals surface area contributed by atoms with Crippen molar-refractivity contribution in [3.63, 3.8) is 0 Å². The summed E-state index contributed by atoms with van der Waals surface area (Å²) in [5.74, 6) is -0.309. The van der Waals surface area contributed by atoms with E-state index in [9.17, 15) is 19.7 Å². The van der Waals surface area contributed by atoms with Crippen molar-refractivity contribution >= 4 is 34.1 Å². The van der Waals surface area contributed by atoms with Crippen LogP contribution in [0.4, 0.5) is 15.5 Å². The minimum Gasteiger partial charge on any atom is -0.456 e. The molecule has 0 radical (unpaired) electrons. The summed E-state index contributed by atoms with van der Waals surface area (Å²) < 4.78 is 10.7. The van der Waals surface area contributed by atoms with Gasteiger partial charge in [0.25, 0.3) is 5.69 Å². The number of anilines is 1. The van der Waals surface area contributed by atoms with Crippen LogP contribution in [0.5, 0.6) is 5.75 Å². The Labute approximate surface area is 172 Å². The Hall–Kier alpha value is -2.94. The summed E-state index contributed by atoms with van der Waals surface area (Å²) in [6, 6.07) is 5.18. The first-order chi connectivity index (χ1) is 13.6. The fourth-order valence-electron chi connectivity index (χ4n) is 3.06. The number of hydrogen-bond donors (Lipinski definition) is 1. The molecule has 0 saturated heterocycles. The number of nitro groups is 1. The molecule has 0 fully saturated rings. The highest BCUT2D eigenvalue weighted by Crippen LogP contribution is 2.39. The third-order valence-electron chi connectivity index (χ3n) is 4.25. The number of thiophene rings is 1. The molecule has 0 aliphatic heterocycles. The van der Waals surface area contributed by atoms with Crippen LogP contribution in [-0.2, 0) is 17.6 Å². The monoisotopic (exact) mass is 418 g/mol. The first-order valence-electron chi connectivity index (χ1n) is 9.25. The van der Waals surface area contributed by atoms with Crippen LogP contribution < -0.4 is 10.1 Å². The van der Waals surface area contributed by atoms with Gasteiger partial charge in [-0.05, 0) is 64.2 Å². The fourth-order valence-corrected chi connectivity index (χ4v) is 4.32. The fraction of sp³-hybridized carbons (Fsp3) is 0.400. The lowest BCUT2D eigenvalue weighted by Crippen LogP contribution is -2.25. The Morgan fingerprint density at radius 2 is 1.79 bits per heavy atom. The van der Waals surface area contributed by atoms with Crippen LogP contribution in [0.1, 0.15) is 54.4 Å². The van der Waals surface area contributed by atoms with Crippen molar-refractivity contribution in [3.8, 4) is 5.75 Å². The van der Waals surface area contributed by atoms with Crippen LogP contribution in [0.3, 0.4) is 0 Å². The molecule has 3 rings (SSSR count). The number of amides is 1. The van der Waals surface area contributed by atoms with Gasteiger partial charge in [0.2, 0.25) is 0 Å². The maximum absolute atomic E-state index is 12.8. The second-order valence-corrected chi connectivity index (χ2v) is 8.79. The topological polar surface area (TPSA) is 108 Å². The van der Waals surface area contributed by atoms with Gasteiger partial charge in [0, 0.05) is 17.0 Å². The molecular formula is C20H22N2O6S. The molecule has 0 unspecified atom stereocenters. The normalized spacial score (nSPS) is 13.3. The number of nitrogens with one attached hydrogen (secondary N) is 1. The predicted molar refractivity (Wildman–Crippen MR) is 109 cm³/mol. The Bertz CT molecular complexity index is 943. The molecule has 1 aliphatic rings. The van der Waals surface area contributed by atoms with Gasteiger partial charge in [-0.25, -0.2) is 9.59 Å². The molecule has 0 spiro atoms. The zero-order chi connectivity index (χ0) is 21.2. The molecule has 0 saturated carbocycles. The number of carbonyl (C=O) groups is 2. The highest BCUT2D eigenvalue weighted by atomic mass is 32.1. The lowest BCUT2D eigenvalue weighted by Gasteiger charge is -2.21. The molecule has 29 heavy (non-hydrogen) atoms. The van der Waals surface area contributed by atoms with E-state index in [1.54, 1.807) is 20.8 Å². The first kappa shape index (κ1) is 20.8. The van der Waals surface area contributed by atoms with E-state index >= 15 is 0 Å². The maximum Gasteiger partial charge on any atom is 0.417 e. The number of non-ortho nitro benzene ring substituents is 1. The summed E-state index contributed by atoms with van der Waals surface area (Å²) in [5, 5.41) is 13.8. The lowest BCUT2D eigenvalue weighted by atomic mass is 9.95. The summed E-state index contributed by atoms with van der Waals surface area (Å²) in [6.45, 7) is 5.37. The van der Waals surface area contributed by atoms with Crippen LogP contribution in [0, 0.1) is 10.1 Å². The molecule has 2 aromatic rings. The molecule has 0 atom stereocenters. The molecule has 9 heteroatoms. The molecule has 154 valence electrons. The summed E-state index contributed by atoms with van der Waals surface area (Å²) in [6.07, 6.45) is 2.86. The SMILES string of the molecule is CC(C)(C)OC(=O)c1c(NC(=O)Oc2ccc([N+](=O)[O-])cc2)sc2c1CCCC2. The van der Waals surface area contributed by atoms with E-state index in [-0.39, 0.29) is 11.4 Å². The number of fused-ring (bicyclic) bond motifs is 1. The van der Waals surface area contributed by atoms with E-state index in [4.69, 9.17) is 9.47 Å². The summed E-state index contributed by atoms with van der Waals surface area (Å²) in [7, 11) is 0. The predicted octanol–water partition coefficient (Wildman–Crippen LogP) is 5.10. The minimum atomic E-state index is -0.776. The van der Waals surface area contributed by atoms with Crippen molar-refractivity contribution in [2.45, 2.75) is 52.1 Å². The number of nitro benzene ring substituents is 1. The number of carbonyl (C=O) groups excluding carboxylic acids is 2. The highest BCUT2D eigenvalue weighted by Gasteiger charge is 2.30. The van der Waals surface area contributed by atoms with E-state index in [1.165, 1.54) is 35.6 Å². The van der Waals surface area contributed by atoms with Crippen molar-refractivity contribution in [3.05, 3.63) is 50.4 Å². The molecule has 1 N–H and O–H groups in total. The first-order valence-corrected chi connectivity index (χ1v) is 10.1. The van der Waals surface area contributed by atoms with Gasteiger partial charge in [-0.2, -0.15) is 0 Å².